The molecule has 0 radical (unpaired) electrons. The first kappa shape index (κ1) is 26.1. The molecule has 0 aliphatic carbocycles. The van der Waals surface area contributed by atoms with Crippen LogP contribution >= 0.6 is 0 Å². The van der Waals surface area contributed by atoms with Gasteiger partial charge in [0.15, 0.2) is 11.6 Å². The summed E-state index contributed by atoms with van der Waals surface area (Å²) < 4.78 is 31.7. The number of piperidine rings is 1. The lowest BCUT2D eigenvalue weighted by molar-refractivity contribution is 0.176. The maximum Gasteiger partial charge on any atom is 0.229 e. The smallest absolute Gasteiger partial charge is 0.229 e. The summed E-state index contributed by atoms with van der Waals surface area (Å²) in [4.78, 5) is 19.7. The molecule has 10 heteroatoms. The predicted octanol–water partition coefficient (Wildman–Crippen LogP) is 5.53. The van der Waals surface area contributed by atoms with Crippen molar-refractivity contribution in [2.75, 3.05) is 25.0 Å². The first-order valence-corrected chi connectivity index (χ1v) is 13.2. The molecular formula is C28H34F2N8. The van der Waals surface area contributed by atoms with Gasteiger partial charge in [0.1, 0.15) is 22.9 Å². The minimum absolute atomic E-state index is 0.00507. The van der Waals surface area contributed by atoms with E-state index in [1.165, 1.54) is 6.07 Å². The summed E-state index contributed by atoms with van der Waals surface area (Å²) in [5.41, 5.74) is 8.69. The highest BCUT2D eigenvalue weighted by atomic mass is 19.1. The molecule has 4 heterocycles. The molecule has 0 amide bonds. The molecule has 0 spiro atoms. The van der Waals surface area contributed by atoms with Crippen LogP contribution in [0, 0.1) is 24.5 Å². The molecule has 5 rings (SSSR count). The Morgan fingerprint density at radius 3 is 2.47 bits per heavy atom. The molecule has 1 atom stereocenters. The van der Waals surface area contributed by atoms with Gasteiger partial charge in [-0.25, -0.2) is 28.7 Å². The highest BCUT2D eigenvalue weighted by molar-refractivity contribution is 5.83. The second-order valence-electron chi connectivity index (χ2n) is 10.2. The van der Waals surface area contributed by atoms with E-state index in [0.717, 1.165) is 44.2 Å². The number of nitrogens with one attached hydrogen (secondary N) is 1. The molecule has 1 aromatic carbocycles. The summed E-state index contributed by atoms with van der Waals surface area (Å²) in [5.74, 6) is 0.611. The van der Waals surface area contributed by atoms with Crippen molar-refractivity contribution >= 4 is 22.8 Å². The van der Waals surface area contributed by atoms with Gasteiger partial charge in [-0.3, -0.25) is 0 Å². The number of hydrogen-bond donors (Lipinski definition) is 2. The fraction of sp³-hybridized carbons (Fsp3) is 0.429. The van der Waals surface area contributed by atoms with E-state index in [1.807, 2.05) is 37.5 Å². The summed E-state index contributed by atoms with van der Waals surface area (Å²) in [6, 6.07) is 6.74. The molecule has 4 aromatic rings. The van der Waals surface area contributed by atoms with E-state index in [4.69, 9.17) is 5.73 Å². The van der Waals surface area contributed by atoms with E-state index < -0.39 is 11.6 Å². The number of imidazole rings is 1. The fourth-order valence-electron chi connectivity index (χ4n) is 5.38. The first-order chi connectivity index (χ1) is 18.2. The number of nitrogens with two attached hydrogens (primary N) is 1. The van der Waals surface area contributed by atoms with Gasteiger partial charge in [-0.15, -0.1) is 0 Å². The molecule has 0 bridgehead atoms. The standard InChI is InChI=1S/C28H34F2N8/c1-5-37-10-8-18(9-11-37)25(31)19-6-7-24(32-14-19)35-28-33-15-22(30)26(36-28)20-12-21(29)27-23(13-20)38(16(2)3)17(4)34-27/h6-7,12-16,18,25H,5,8-11,31H2,1-4H3,(H,32,33,35,36). The Kier molecular flexibility index (Phi) is 7.36. The molecule has 3 aromatic heterocycles. The van der Waals surface area contributed by atoms with Gasteiger partial charge in [-0.1, -0.05) is 13.0 Å². The highest BCUT2D eigenvalue weighted by Gasteiger charge is 2.25. The second-order valence-corrected chi connectivity index (χ2v) is 10.2. The molecule has 1 aliphatic rings. The number of benzene rings is 1. The topological polar surface area (TPSA) is 97.8 Å². The van der Waals surface area contributed by atoms with Crippen LogP contribution in [0.2, 0.25) is 0 Å². The first-order valence-electron chi connectivity index (χ1n) is 13.2. The highest BCUT2D eigenvalue weighted by Crippen LogP contribution is 2.31. The van der Waals surface area contributed by atoms with E-state index in [-0.39, 0.29) is 29.2 Å². The zero-order chi connectivity index (χ0) is 27.0. The Morgan fingerprint density at radius 2 is 1.82 bits per heavy atom. The Labute approximate surface area is 221 Å². The summed E-state index contributed by atoms with van der Waals surface area (Å²) in [6.45, 7) is 11.2. The maximum atomic E-state index is 15.0. The predicted molar refractivity (Wildman–Crippen MR) is 145 cm³/mol. The van der Waals surface area contributed by atoms with Gasteiger partial charge in [0.05, 0.1) is 11.7 Å². The van der Waals surface area contributed by atoms with Crippen LogP contribution in [0.15, 0.2) is 36.7 Å². The molecule has 3 N–H and O–H groups in total. The molecule has 1 unspecified atom stereocenters. The largest absolute Gasteiger partial charge is 0.326 e. The van der Waals surface area contributed by atoms with Crippen LogP contribution < -0.4 is 11.1 Å². The Balaban J connectivity index is 1.37. The van der Waals surface area contributed by atoms with Crippen molar-refractivity contribution in [1.82, 2.24) is 29.4 Å². The number of likely N-dealkylation sites (tertiary alicyclic amines) is 1. The van der Waals surface area contributed by atoms with Crippen LogP contribution in [0.25, 0.3) is 22.3 Å². The van der Waals surface area contributed by atoms with E-state index in [0.29, 0.717) is 28.6 Å². The Bertz CT molecular complexity index is 1430. The van der Waals surface area contributed by atoms with E-state index in [1.54, 1.807) is 12.3 Å². The molecular weight excluding hydrogens is 486 g/mol. The number of fused-ring (bicyclic) bond motifs is 1. The number of anilines is 2. The van der Waals surface area contributed by atoms with Gasteiger partial charge in [-0.05, 0) is 82.9 Å². The third-order valence-electron chi connectivity index (χ3n) is 7.46. The monoisotopic (exact) mass is 520 g/mol. The average molecular weight is 521 g/mol. The van der Waals surface area contributed by atoms with Crippen LogP contribution in [0.3, 0.4) is 0 Å². The molecule has 38 heavy (non-hydrogen) atoms. The van der Waals surface area contributed by atoms with Crippen LogP contribution in [0.4, 0.5) is 20.5 Å². The van der Waals surface area contributed by atoms with Crippen molar-refractivity contribution in [1.29, 1.82) is 0 Å². The number of aromatic nitrogens is 5. The number of halogens is 2. The average Bonchev–Trinajstić information content (AvgIpc) is 3.26. The summed E-state index contributed by atoms with van der Waals surface area (Å²) >= 11 is 0. The summed E-state index contributed by atoms with van der Waals surface area (Å²) in [6.07, 6.45) is 4.99. The quantitative estimate of drug-likeness (QED) is 0.331. The van der Waals surface area contributed by atoms with Gasteiger partial charge < -0.3 is 20.5 Å². The number of hydrogen-bond acceptors (Lipinski definition) is 7. The van der Waals surface area contributed by atoms with Crippen LogP contribution in [-0.4, -0.2) is 49.0 Å². The molecule has 1 aliphatic heterocycles. The van der Waals surface area contributed by atoms with Crippen molar-refractivity contribution < 1.29 is 8.78 Å². The van der Waals surface area contributed by atoms with Gasteiger partial charge >= 0.3 is 0 Å². The van der Waals surface area contributed by atoms with Crippen LogP contribution in [-0.2, 0) is 0 Å². The normalized spacial score (nSPS) is 15.9. The van der Waals surface area contributed by atoms with Crippen molar-refractivity contribution in [3.05, 3.63) is 59.7 Å². The van der Waals surface area contributed by atoms with Crippen molar-refractivity contribution in [3.8, 4) is 11.3 Å². The van der Waals surface area contributed by atoms with Gasteiger partial charge in [-0.2, -0.15) is 0 Å². The van der Waals surface area contributed by atoms with Crippen molar-refractivity contribution in [2.45, 2.75) is 52.6 Å². The zero-order valence-corrected chi connectivity index (χ0v) is 22.2. The molecule has 8 nitrogen and oxygen atoms in total. The number of rotatable bonds is 7. The lowest BCUT2D eigenvalue weighted by Gasteiger charge is -2.34. The lowest BCUT2D eigenvalue weighted by atomic mass is 9.86. The number of nitrogens with zero attached hydrogens (tertiary/aromatic N) is 6. The third kappa shape index (κ3) is 5.10. The lowest BCUT2D eigenvalue weighted by Crippen LogP contribution is -2.37. The fourth-order valence-corrected chi connectivity index (χ4v) is 5.38. The van der Waals surface area contributed by atoms with Crippen molar-refractivity contribution in [3.63, 3.8) is 0 Å². The second kappa shape index (κ2) is 10.7. The van der Waals surface area contributed by atoms with Crippen LogP contribution in [0.5, 0.6) is 0 Å². The minimum Gasteiger partial charge on any atom is -0.326 e. The SMILES string of the molecule is CCN1CCC(C(N)c2ccc(Nc3ncc(F)c(-c4cc(F)c5nc(C)n(C(C)C)c5c4)n3)nc2)CC1. The summed E-state index contributed by atoms with van der Waals surface area (Å²) in [5, 5.41) is 3.03. The van der Waals surface area contributed by atoms with E-state index >= 15 is 0 Å². The maximum absolute atomic E-state index is 15.0. The molecule has 0 saturated carbocycles. The summed E-state index contributed by atoms with van der Waals surface area (Å²) in [7, 11) is 0. The van der Waals surface area contributed by atoms with E-state index in [2.05, 4.69) is 37.1 Å². The molecule has 1 saturated heterocycles. The van der Waals surface area contributed by atoms with Crippen molar-refractivity contribution in [2.24, 2.45) is 11.7 Å². The third-order valence-corrected chi connectivity index (χ3v) is 7.46. The van der Waals surface area contributed by atoms with Gasteiger partial charge in [0.2, 0.25) is 5.95 Å². The van der Waals surface area contributed by atoms with E-state index in [9.17, 15) is 8.78 Å². The zero-order valence-electron chi connectivity index (χ0n) is 22.2. The molecule has 200 valence electrons. The molecule has 1 fully saturated rings. The Hall–Kier alpha value is -3.50. The van der Waals surface area contributed by atoms with Crippen LogP contribution in [0.1, 0.15) is 57.1 Å². The Morgan fingerprint density at radius 1 is 1.05 bits per heavy atom. The number of pyridine rings is 1. The number of aryl methyl sites for hydroxylation is 1. The minimum atomic E-state index is -0.648. The van der Waals surface area contributed by atoms with Gasteiger partial charge in [0.25, 0.3) is 0 Å². The van der Waals surface area contributed by atoms with Gasteiger partial charge in [0, 0.05) is 23.8 Å².